The Hall–Kier alpha value is -1.16. The average molecular weight is 197 g/mol. The molecule has 1 N–H and O–H groups in total. The Labute approximate surface area is 83.1 Å². The molecule has 0 amide bonds. The number of nitrogens with zero attached hydrogens (tertiary/aromatic N) is 1. The summed E-state index contributed by atoms with van der Waals surface area (Å²) in [6.07, 6.45) is 8.59. The fraction of sp³-hybridized carbons (Fsp3) is 0.600. The molecule has 0 spiro atoms. The fourth-order valence-electron chi connectivity index (χ4n) is 1.75. The van der Waals surface area contributed by atoms with Crippen molar-refractivity contribution in [2.45, 2.75) is 25.7 Å². The fourth-order valence-corrected chi connectivity index (χ4v) is 1.75. The number of hydrogen-bond donors (Lipinski definition) is 1. The number of hydrogen-bond acceptors (Lipinski definition) is 3. The smallest absolute Gasteiger partial charge is 0.245 e. The molecule has 1 aliphatic rings. The van der Waals surface area contributed by atoms with Gasteiger partial charge >= 0.3 is 0 Å². The van der Waals surface area contributed by atoms with Gasteiger partial charge in [0, 0.05) is 0 Å². The molecule has 0 aromatic carbocycles. The maximum Gasteiger partial charge on any atom is 0.245 e. The summed E-state index contributed by atoms with van der Waals surface area (Å²) >= 11 is 0. The zero-order valence-electron chi connectivity index (χ0n) is 8.06. The van der Waals surface area contributed by atoms with E-state index in [1.165, 1.54) is 0 Å². The second-order valence-corrected chi connectivity index (χ2v) is 3.39. The first-order chi connectivity index (χ1) is 6.75. The van der Waals surface area contributed by atoms with E-state index in [0.29, 0.717) is 5.70 Å². The molecule has 1 aliphatic carbocycles. The molecule has 0 aromatic rings. The van der Waals surface area contributed by atoms with Crippen LogP contribution in [0.15, 0.2) is 23.9 Å². The van der Waals surface area contributed by atoms with E-state index < -0.39 is 0 Å². The zero-order chi connectivity index (χ0) is 10.4. The van der Waals surface area contributed by atoms with E-state index in [1.54, 1.807) is 12.2 Å². The summed E-state index contributed by atoms with van der Waals surface area (Å²) < 4.78 is 0. The van der Waals surface area contributed by atoms with Gasteiger partial charge in [-0.2, -0.15) is 0 Å². The molecule has 0 fully saturated rings. The Bertz CT molecular complexity index is 258. The summed E-state index contributed by atoms with van der Waals surface area (Å²) in [5.41, 5.74) is 0.377. The van der Waals surface area contributed by atoms with Crippen LogP contribution in [0.1, 0.15) is 25.7 Å². The van der Waals surface area contributed by atoms with Gasteiger partial charge in [-0.25, -0.2) is 0 Å². The summed E-state index contributed by atoms with van der Waals surface area (Å²) in [5, 5.41) is 19.1. The Balaban J connectivity index is 2.35. The normalized spacial score (nSPS) is 21.5. The molecular weight excluding hydrogens is 182 g/mol. The van der Waals surface area contributed by atoms with Crippen molar-refractivity contribution >= 4 is 0 Å². The van der Waals surface area contributed by atoms with E-state index in [4.69, 9.17) is 5.11 Å². The van der Waals surface area contributed by atoms with Gasteiger partial charge in [-0.1, -0.05) is 12.2 Å². The summed E-state index contributed by atoms with van der Waals surface area (Å²) in [7, 11) is 0. The Morgan fingerprint density at radius 3 is 3.07 bits per heavy atom. The van der Waals surface area contributed by atoms with Gasteiger partial charge in [0.05, 0.1) is 17.4 Å². The molecule has 0 aromatic heterocycles. The molecule has 1 atom stereocenters. The van der Waals surface area contributed by atoms with Crippen LogP contribution in [0.2, 0.25) is 0 Å². The lowest BCUT2D eigenvalue weighted by molar-refractivity contribution is -0.432. The molecule has 0 radical (unpaired) electrons. The first kappa shape index (κ1) is 10.9. The SMILES string of the molecule is O=[N+]([O-])C1=CCCC1CC/C=C/CO. The first-order valence-corrected chi connectivity index (χ1v) is 4.86. The molecule has 78 valence electrons. The van der Waals surface area contributed by atoms with Gasteiger partial charge in [-0.15, -0.1) is 0 Å². The highest BCUT2D eigenvalue weighted by Crippen LogP contribution is 2.29. The third-order valence-electron chi connectivity index (χ3n) is 2.45. The monoisotopic (exact) mass is 197 g/mol. The van der Waals surface area contributed by atoms with Crippen LogP contribution in [-0.2, 0) is 0 Å². The topological polar surface area (TPSA) is 63.4 Å². The maximum atomic E-state index is 10.6. The molecule has 0 heterocycles. The summed E-state index contributed by atoms with van der Waals surface area (Å²) in [5.74, 6) is 0.105. The minimum atomic E-state index is -0.270. The van der Waals surface area contributed by atoms with Crippen LogP contribution in [0, 0.1) is 16.0 Å². The van der Waals surface area contributed by atoms with Crippen molar-refractivity contribution in [3.63, 3.8) is 0 Å². The van der Waals surface area contributed by atoms with Gasteiger partial charge in [-0.3, -0.25) is 10.1 Å². The number of aliphatic hydroxyl groups excluding tert-OH is 1. The van der Waals surface area contributed by atoms with Crippen LogP contribution in [-0.4, -0.2) is 16.6 Å². The predicted octanol–water partition coefficient (Wildman–Crippen LogP) is 1.89. The van der Waals surface area contributed by atoms with E-state index in [-0.39, 0.29) is 17.4 Å². The van der Waals surface area contributed by atoms with E-state index in [1.807, 2.05) is 6.08 Å². The number of nitro groups is 1. The van der Waals surface area contributed by atoms with E-state index in [2.05, 4.69) is 0 Å². The van der Waals surface area contributed by atoms with Gasteiger partial charge in [-0.05, 0) is 31.8 Å². The first-order valence-electron chi connectivity index (χ1n) is 4.86. The number of aliphatic hydroxyl groups is 1. The molecule has 4 nitrogen and oxygen atoms in total. The van der Waals surface area contributed by atoms with Crippen molar-refractivity contribution < 1.29 is 10.0 Å². The van der Waals surface area contributed by atoms with Crippen LogP contribution in [0.4, 0.5) is 0 Å². The lowest BCUT2D eigenvalue weighted by Crippen LogP contribution is -2.07. The van der Waals surface area contributed by atoms with Gasteiger partial charge in [0.2, 0.25) is 5.70 Å². The summed E-state index contributed by atoms with van der Waals surface area (Å²) in [6, 6.07) is 0. The van der Waals surface area contributed by atoms with Gasteiger partial charge in [0.25, 0.3) is 0 Å². The van der Waals surface area contributed by atoms with Gasteiger partial charge in [0.1, 0.15) is 0 Å². The Kier molecular flexibility index (Phi) is 4.32. The molecule has 0 aliphatic heterocycles. The van der Waals surface area contributed by atoms with Crippen molar-refractivity contribution in [3.8, 4) is 0 Å². The standard InChI is InChI=1S/C10H15NO3/c12-8-3-1-2-5-9-6-4-7-10(9)11(13)14/h1,3,7,9,12H,2,4-6,8H2/b3-1+. The number of rotatable bonds is 5. The second-order valence-electron chi connectivity index (χ2n) is 3.39. The third-order valence-corrected chi connectivity index (χ3v) is 2.45. The van der Waals surface area contributed by atoms with Crippen LogP contribution in [0.25, 0.3) is 0 Å². The maximum absolute atomic E-state index is 10.6. The van der Waals surface area contributed by atoms with Gasteiger partial charge < -0.3 is 5.11 Å². The third kappa shape index (κ3) is 2.96. The highest BCUT2D eigenvalue weighted by atomic mass is 16.6. The Morgan fingerprint density at radius 2 is 2.43 bits per heavy atom. The van der Waals surface area contributed by atoms with Crippen molar-refractivity contribution in [1.82, 2.24) is 0 Å². The van der Waals surface area contributed by atoms with Crippen LogP contribution in [0.3, 0.4) is 0 Å². The minimum absolute atomic E-state index is 0.0442. The molecule has 1 rings (SSSR count). The van der Waals surface area contributed by atoms with Crippen molar-refractivity contribution in [2.24, 2.45) is 5.92 Å². The predicted molar refractivity (Wildman–Crippen MR) is 53.3 cm³/mol. The van der Waals surface area contributed by atoms with Crippen molar-refractivity contribution in [3.05, 3.63) is 34.0 Å². The zero-order valence-corrected chi connectivity index (χ0v) is 8.06. The van der Waals surface area contributed by atoms with Crippen LogP contribution < -0.4 is 0 Å². The number of allylic oxidation sites excluding steroid dienone is 3. The second kappa shape index (κ2) is 5.54. The van der Waals surface area contributed by atoms with E-state index in [0.717, 1.165) is 25.7 Å². The largest absolute Gasteiger partial charge is 0.392 e. The summed E-state index contributed by atoms with van der Waals surface area (Å²) in [4.78, 5) is 10.3. The van der Waals surface area contributed by atoms with Crippen molar-refractivity contribution in [2.75, 3.05) is 6.61 Å². The molecule has 0 bridgehead atoms. The van der Waals surface area contributed by atoms with E-state index in [9.17, 15) is 10.1 Å². The molecule has 0 saturated heterocycles. The Morgan fingerprint density at radius 1 is 1.64 bits per heavy atom. The van der Waals surface area contributed by atoms with Crippen LogP contribution >= 0.6 is 0 Å². The average Bonchev–Trinajstić information content (AvgIpc) is 2.60. The highest BCUT2D eigenvalue weighted by Gasteiger charge is 2.27. The minimum Gasteiger partial charge on any atom is -0.392 e. The van der Waals surface area contributed by atoms with Crippen molar-refractivity contribution in [1.29, 1.82) is 0 Å². The molecule has 0 saturated carbocycles. The van der Waals surface area contributed by atoms with Gasteiger partial charge in [0.15, 0.2) is 0 Å². The van der Waals surface area contributed by atoms with E-state index >= 15 is 0 Å². The lowest BCUT2D eigenvalue weighted by Gasteiger charge is -2.05. The van der Waals surface area contributed by atoms with Crippen LogP contribution in [0.5, 0.6) is 0 Å². The quantitative estimate of drug-likeness (QED) is 0.416. The lowest BCUT2D eigenvalue weighted by atomic mass is 10.0. The highest BCUT2D eigenvalue weighted by molar-refractivity contribution is 5.04. The molecule has 4 heteroatoms. The molecule has 14 heavy (non-hydrogen) atoms. The molecule has 1 unspecified atom stereocenters. The molecular formula is C10H15NO3. The summed E-state index contributed by atoms with van der Waals surface area (Å²) in [6.45, 7) is 0.0442.